The lowest BCUT2D eigenvalue weighted by Crippen LogP contribution is -2.04. The van der Waals surface area contributed by atoms with Crippen molar-refractivity contribution in [3.8, 4) is 22.8 Å². The summed E-state index contributed by atoms with van der Waals surface area (Å²) in [4.78, 5) is 3.31. The molecule has 1 heterocycles. The number of halogens is 3. The maximum Gasteiger partial charge on any atom is 0.416 e. The first kappa shape index (κ1) is 22.0. The van der Waals surface area contributed by atoms with E-state index in [4.69, 9.17) is 15.2 Å². The molecule has 0 aliphatic rings. The van der Waals surface area contributed by atoms with Crippen LogP contribution in [0.15, 0.2) is 36.4 Å². The highest BCUT2D eigenvalue weighted by atomic mass is 19.4. The van der Waals surface area contributed by atoms with Gasteiger partial charge in [-0.3, -0.25) is 0 Å². The Morgan fingerprint density at radius 1 is 0.933 bits per heavy atom. The van der Waals surface area contributed by atoms with Crippen LogP contribution in [0.25, 0.3) is 22.2 Å². The lowest BCUT2D eigenvalue weighted by Gasteiger charge is -2.13. The molecule has 3 N–H and O–H groups in total. The van der Waals surface area contributed by atoms with Gasteiger partial charge >= 0.3 is 6.18 Å². The number of benzene rings is 2. The summed E-state index contributed by atoms with van der Waals surface area (Å²) in [5.41, 5.74) is 8.14. The van der Waals surface area contributed by atoms with E-state index < -0.39 is 11.7 Å². The van der Waals surface area contributed by atoms with Crippen LogP contribution in [0, 0.1) is 0 Å². The van der Waals surface area contributed by atoms with Crippen molar-refractivity contribution in [1.29, 1.82) is 0 Å². The fourth-order valence-corrected chi connectivity index (χ4v) is 3.58. The Bertz CT molecular complexity index is 996. The summed E-state index contributed by atoms with van der Waals surface area (Å²) in [6, 6.07) is 9.43. The maximum absolute atomic E-state index is 13.3. The van der Waals surface area contributed by atoms with E-state index in [0.717, 1.165) is 35.7 Å². The molecule has 0 aliphatic carbocycles. The molecule has 0 saturated heterocycles. The average Bonchev–Trinajstić information content (AvgIpc) is 3.07. The number of ether oxygens (including phenoxy) is 2. The van der Waals surface area contributed by atoms with Gasteiger partial charge in [0.1, 0.15) is 0 Å². The molecule has 0 spiro atoms. The number of rotatable bonds is 9. The Hall–Kier alpha value is -2.67. The second-order valence-electron chi connectivity index (χ2n) is 7.01. The van der Waals surface area contributed by atoms with Crippen LogP contribution < -0.4 is 15.2 Å². The zero-order chi connectivity index (χ0) is 21.7. The van der Waals surface area contributed by atoms with Crippen LogP contribution in [-0.4, -0.2) is 24.7 Å². The molecular weight excluding hydrogens is 393 g/mol. The highest BCUT2D eigenvalue weighted by Gasteiger charge is 2.31. The lowest BCUT2D eigenvalue weighted by molar-refractivity contribution is -0.137. The van der Waals surface area contributed by atoms with Crippen LogP contribution in [-0.2, 0) is 12.6 Å². The van der Waals surface area contributed by atoms with Crippen LogP contribution in [0.4, 0.5) is 13.2 Å². The predicted molar refractivity (Wildman–Crippen MR) is 113 cm³/mol. The van der Waals surface area contributed by atoms with Crippen LogP contribution in [0.3, 0.4) is 0 Å². The molecule has 162 valence electrons. The molecule has 0 radical (unpaired) electrons. The molecule has 0 aliphatic heterocycles. The highest BCUT2D eigenvalue weighted by Crippen LogP contribution is 2.39. The van der Waals surface area contributed by atoms with E-state index in [0.29, 0.717) is 48.6 Å². The van der Waals surface area contributed by atoms with Gasteiger partial charge in [-0.2, -0.15) is 13.2 Å². The number of hydrogen-bond acceptors (Lipinski definition) is 3. The number of alkyl halides is 3. The molecule has 0 bridgehead atoms. The SMILES string of the molecule is CCOc1ccc(-c2[nH]c3ccc(C(F)(F)F)cc3c2CCCCN)cc1OCC. The highest BCUT2D eigenvalue weighted by molar-refractivity contribution is 5.91. The lowest BCUT2D eigenvalue weighted by atomic mass is 9.99. The Morgan fingerprint density at radius 2 is 1.67 bits per heavy atom. The molecule has 30 heavy (non-hydrogen) atoms. The van der Waals surface area contributed by atoms with Crippen LogP contribution in [0.1, 0.15) is 37.8 Å². The molecule has 7 heteroatoms. The quantitative estimate of drug-likeness (QED) is 0.422. The van der Waals surface area contributed by atoms with Gasteiger partial charge in [-0.15, -0.1) is 0 Å². The van der Waals surface area contributed by atoms with Crippen LogP contribution in [0.5, 0.6) is 11.5 Å². The average molecular weight is 420 g/mol. The van der Waals surface area contributed by atoms with Crippen molar-refractivity contribution in [3.63, 3.8) is 0 Å². The third-order valence-corrected chi connectivity index (χ3v) is 4.95. The van der Waals surface area contributed by atoms with E-state index in [1.165, 1.54) is 12.1 Å². The van der Waals surface area contributed by atoms with Crippen molar-refractivity contribution < 1.29 is 22.6 Å². The van der Waals surface area contributed by atoms with E-state index >= 15 is 0 Å². The minimum absolute atomic E-state index is 0.481. The number of nitrogens with two attached hydrogens (primary N) is 1. The summed E-state index contributed by atoms with van der Waals surface area (Å²) < 4.78 is 51.2. The second-order valence-corrected chi connectivity index (χ2v) is 7.01. The van der Waals surface area contributed by atoms with Crippen molar-refractivity contribution in [1.82, 2.24) is 4.98 Å². The van der Waals surface area contributed by atoms with Crippen molar-refractivity contribution >= 4 is 10.9 Å². The molecule has 0 fully saturated rings. The summed E-state index contributed by atoms with van der Waals surface area (Å²) in [5.74, 6) is 1.25. The van der Waals surface area contributed by atoms with E-state index in [2.05, 4.69) is 4.98 Å². The summed E-state index contributed by atoms with van der Waals surface area (Å²) in [5, 5.41) is 0.587. The standard InChI is InChI=1S/C23H27F3N2O2/c1-3-29-20-11-8-15(13-21(20)30-4-2)22-17(7-5-6-12-27)18-14-16(23(24,25)26)9-10-19(18)28-22/h8-11,13-14,28H,3-7,12,27H2,1-2H3. The third kappa shape index (κ3) is 4.73. The molecule has 4 nitrogen and oxygen atoms in total. The molecule has 3 rings (SSSR count). The first-order valence-corrected chi connectivity index (χ1v) is 10.2. The molecule has 3 aromatic rings. The molecule has 2 aromatic carbocycles. The summed E-state index contributed by atoms with van der Waals surface area (Å²) >= 11 is 0. The zero-order valence-electron chi connectivity index (χ0n) is 17.2. The largest absolute Gasteiger partial charge is 0.490 e. The topological polar surface area (TPSA) is 60.3 Å². The molecule has 0 atom stereocenters. The van der Waals surface area contributed by atoms with Gasteiger partial charge in [0.05, 0.1) is 18.8 Å². The van der Waals surface area contributed by atoms with Gasteiger partial charge in [0.15, 0.2) is 11.5 Å². The van der Waals surface area contributed by atoms with Crippen molar-refractivity contribution in [2.75, 3.05) is 19.8 Å². The second kappa shape index (κ2) is 9.43. The maximum atomic E-state index is 13.3. The first-order chi connectivity index (χ1) is 14.4. The minimum atomic E-state index is -4.39. The van der Waals surface area contributed by atoms with Crippen LogP contribution in [0.2, 0.25) is 0 Å². The summed E-state index contributed by atoms with van der Waals surface area (Å²) in [6.45, 7) is 5.32. The summed E-state index contributed by atoms with van der Waals surface area (Å²) in [7, 11) is 0. The Balaban J connectivity index is 2.14. The van der Waals surface area contributed by atoms with Gasteiger partial charge in [0, 0.05) is 22.2 Å². The minimum Gasteiger partial charge on any atom is -0.490 e. The Morgan fingerprint density at radius 3 is 2.33 bits per heavy atom. The van der Waals surface area contributed by atoms with E-state index in [9.17, 15) is 13.2 Å². The predicted octanol–water partition coefficient (Wildman–Crippen LogP) is 5.93. The third-order valence-electron chi connectivity index (χ3n) is 4.95. The molecule has 0 unspecified atom stereocenters. The molecule has 0 saturated carbocycles. The van der Waals surface area contributed by atoms with Gasteiger partial charge < -0.3 is 20.2 Å². The zero-order valence-corrected chi connectivity index (χ0v) is 17.2. The fourth-order valence-electron chi connectivity index (χ4n) is 3.58. The number of hydrogen-bond donors (Lipinski definition) is 2. The van der Waals surface area contributed by atoms with Gasteiger partial charge in [0.2, 0.25) is 0 Å². The van der Waals surface area contributed by atoms with Gasteiger partial charge in [-0.25, -0.2) is 0 Å². The number of aryl methyl sites for hydroxylation is 1. The molecule has 1 aromatic heterocycles. The number of unbranched alkanes of at least 4 members (excludes halogenated alkanes) is 1. The molecule has 0 amide bonds. The van der Waals surface area contributed by atoms with Crippen LogP contribution >= 0.6 is 0 Å². The van der Waals surface area contributed by atoms with Crippen molar-refractivity contribution in [2.24, 2.45) is 5.73 Å². The summed E-state index contributed by atoms with van der Waals surface area (Å²) in [6.07, 6.45) is -2.16. The molecular formula is C23H27F3N2O2. The first-order valence-electron chi connectivity index (χ1n) is 10.2. The Labute approximate surface area is 174 Å². The monoisotopic (exact) mass is 420 g/mol. The normalized spacial score (nSPS) is 11.8. The van der Waals surface area contributed by atoms with Crippen molar-refractivity contribution in [2.45, 2.75) is 39.3 Å². The Kier molecular flexibility index (Phi) is 6.92. The number of fused-ring (bicyclic) bond motifs is 1. The smallest absolute Gasteiger partial charge is 0.416 e. The van der Waals surface area contributed by atoms with Gasteiger partial charge in [0.25, 0.3) is 0 Å². The van der Waals surface area contributed by atoms with Gasteiger partial charge in [-0.1, -0.05) is 0 Å². The van der Waals surface area contributed by atoms with E-state index in [1.807, 2.05) is 32.0 Å². The van der Waals surface area contributed by atoms with E-state index in [1.54, 1.807) is 0 Å². The van der Waals surface area contributed by atoms with Crippen molar-refractivity contribution in [3.05, 3.63) is 47.5 Å². The van der Waals surface area contributed by atoms with Gasteiger partial charge in [-0.05, 0) is 81.6 Å². The number of aromatic amines is 1. The van der Waals surface area contributed by atoms with E-state index in [-0.39, 0.29) is 0 Å². The number of H-pyrrole nitrogens is 1. The number of aromatic nitrogens is 1. The fraction of sp³-hybridized carbons (Fsp3) is 0.391. The number of nitrogens with one attached hydrogen (secondary N) is 1.